The molecule has 1 saturated carbocycles. The van der Waals surface area contributed by atoms with Crippen LogP contribution in [0.15, 0.2) is 35.5 Å². The molecule has 2 fully saturated rings. The minimum Gasteiger partial charge on any atom is -0.390 e. The zero-order valence-corrected chi connectivity index (χ0v) is 15.2. The van der Waals surface area contributed by atoms with Gasteiger partial charge in [-0.1, -0.05) is 35.5 Å². The molecule has 1 aromatic carbocycles. The number of hydrogen-bond donors (Lipinski definition) is 0. The highest BCUT2D eigenvalue weighted by Crippen LogP contribution is 2.35. The van der Waals surface area contributed by atoms with E-state index in [2.05, 4.69) is 22.3 Å². The number of thiazole rings is 1. The number of benzene rings is 1. The van der Waals surface area contributed by atoms with Gasteiger partial charge in [-0.25, -0.2) is 4.98 Å². The van der Waals surface area contributed by atoms with Gasteiger partial charge in [0.25, 0.3) is 0 Å². The summed E-state index contributed by atoms with van der Waals surface area (Å²) in [6, 6.07) is 10.2. The molecule has 2 aliphatic rings. The predicted octanol–water partition coefficient (Wildman–Crippen LogP) is 4.31. The first-order chi connectivity index (χ1) is 12.2. The molecule has 4 rings (SSSR count). The Morgan fingerprint density at radius 2 is 1.88 bits per heavy atom. The molecule has 6 heteroatoms. The van der Waals surface area contributed by atoms with Crippen molar-refractivity contribution >= 4 is 17.0 Å². The van der Waals surface area contributed by atoms with E-state index < -0.39 is 0 Å². The van der Waals surface area contributed by atoms with Crippen molar-refractivity contribution in [1.29, 1.82) is 0 Å². The number of hydrogen-bond acceptors (Lipinski definition) is 6. The van der Waals surface area contributed by atoms with Gasteiger partial charge in [-0.3, -0.25) is 0 Å². The SMILES string of the molecule is Cc1nc(-c2ccccc2)sc1CON=C1CCC2(CC1)OCCO2. The smallest absolute Gasteiger partial charge is 0.169 e. The summed E-state index contributed by atoms with van der Waals surface area (Å²) in [5.41, 5.74) is 3.25. The summed E-state index contributed by atoms with van der Waals surface area (Å²) in [6.45, 7) is 3.90. The first-order valence-corrected chi connectivity index (χ1v) is 9.53. The maximum absolute atomic E-state index is 5.74. The number of rotatable bonds is 4. The van der Waals surface area contributed by atoms with E-state index in [9.17, 15) is 0 Å². The molecule has 1 aliphatic carbocycles. The molecular weight excluding hydrogens is 336 g/mol. The maximum atomic E-state index is 5.74. The fraction of sp³-hybridized carbons (Fsp3) is 0.474. The van der Waals surface area contributed by atoms with E-state index in [1.54, 1.807) is 11.3 Å². The lowest BCUT2D eigenvalue weighted by molar-refractivity contribution is -0.168. The number of ether oxygens (including phenoxy) is 2. The van der Waals surface area contributed by atoms with Gasteiger partial charge >= 0.3 is 0 Å². The van der Waals surface area contributed by atoms with Gasteiger partial charge in [0.1, 0.15) is 5.01 Å². The van der Waals surface area contributed by atoms with E-state index in [1.165, 1.54) is 0 Å². The number of aryl methyl sites for hydroxylation is 1. The number of aromatic nitrogens is 1. The fourth-order valence-corrected chi connectivity index (χ4v) is 4.22. The van der Waals surface area contributed by atoms with Gasteiger partial charge in [-0.05, 0) is 19.8 Å². The Morgan fingerprint density at radius 1 is 1.16 bits per heavy atom. The van der Waals surface area contributed by atoms with Crippen LogP contribution in [0.3, 0.4) is 0 Å². The Kier molecular flexibility index (Phi) is 4.83. The molecule has 0 atom stereocenters. The van der Waals surface area contributed by atoms with Gasteiger partial charge < -0.3 is 14.3 Å². The third kappa shape index (κ3) is 3.76. The highest BCUT2D eigenvalue weighted by molar-refractivity contribution is 7.15. The summed E-state index contributed by atoms with van der Waals surface area (Å²) in [5.74, 6) is -0.349. The van der Waals surface area contributed by atoms with Gasteiger partial charge in [-0.2, -0.15) is 0 Å². The van der Waals surface area contributed by atoms with Crippen molar-refractivity contribution in [3.8, 4) is 10.6 Å². The first kappa shape index (κ1) is 16.7. The molecule has 1 spiro atoms. The largest absolute Gasteiger partial charge is 0.390 e. The van der Waals surface area contributed by atoms with Crippen LogP contribution in [0, 0.1) is 6.92 Å². The number of oxime groups is 1. The lowest BCUT2D eigenvalue weighted by atomic mass is 9.92. The van der Waals surface area contributed by atoms with E-state index in [1.807, 2.05) is 25.1 Å². The normalized spacial score (nSPS) is 19.3. The van der Waals surface area contributed by atoms with Crippen molar-refractivity contribution in [3.05, 3.63) is 40.9 Å². The molecule has 1 aromatic heterocycles. The van der Waals surface area contributed by atoms with Crippen molar-refractivity contribution in [2.45, 2.75) is 45.0 Å². The molecule has 0 radical (unpaired) electrons. The van der Waals surface area contributed by atoms with Crippen LogP contribution in [-0.2, 0) is 20.9 Å². The Bertz CT molecular complexity index is 739. The molecule has 1 aliphatic heterocycles. The molecule has 5 nitrogen and oxygen atoms in total. The monoisotopic (exact) mass is 358 g/mol. The van der Waals surface area contributed by atoms with Gasteiger partial charge in [-0.15, -0.1) is 11.3 Å². The Morgan fingerprint density at radius 3 is 2.60 bits per heavy atom. The summed E-state index contributed by atoms with van der Waals surface area (Å²) in [5, 5.41) is 5.37. The zero-order valence-electron chi connectivity index (χ0n) is 14.4. The molecule has 0 amide bonds. The van der Waals surface area contributed by atoms with Crippen molar-refractivity contribution in [3.63, 3.8) is 0 Å². The Balaban J connectivity index is 1.34. The number of nitrogens with zero attached hydrogens (tertiary/aromatic N) is 2. The lowest BCUT2D eigenvalue weighted by Crippen LogP contribution is -2.35. The van der Waals surface area contributed by atoms with Gasteiger partial charge in [0, 0.05) is 18.4 Å². The third-order valence-corrected chi connectivity index (χ3v) is 5.89. The van der Waals surface area contributed by atoms with Crippen LogP contribution < -0.4 is 0 Å². The quantitative estimate of drug-likeness (QED) is 0.764. The topological polar surface area (TPSA) is 52.9 Å². The zero-order chi connectivity index (χ0) is 17.1. The lowest BCUT2D eigenvalue weighted by Gasteiger charge is -2.31. The summed E-state index contributed by atoms with van der Waals surface area (Å²) in [7, 11) is 0. The first-order valence-electron chi connectivity index (χ1n) is 8.71. The minimum atomic E-state index is -0.349. The molecule has 0 N–H and O–H groups in total. The van der Waals surface area contributed by atoms with Crippen LogP contribution in [0.1, 0.15) is 36.3 Å². The van der Waals surface area contributed by atoms with Crippen molar-refractivity contribution < 1.29 is 14.3 Å². The van der Waals surface area contributed by atoms with Crippen LogP contribution in [0.2, 0.25) is 0 Å². The van der Waals surface area contributed by atoms with E-state index >= 15 is 0 Å². The third-order valence-electron chi connectivity index (χ3n) is 4.71. The highest BCUT2D eigenvalue weighted by atomic mass is 32.1. The summed E-state index contributed by atoms with van der Waals surface area (Å²) in [4.78, 5) is 11.4. The molecule has 0 unspecified atom stereocenters. The Hall–Kier alpha value is -1.76. The summed E-state index contributed by atoms with van der Waals surface area (Å²) >= 11 is 1.67. The van der Waals surface area contributed by atoms with Gasteiger partial charge in [0.15, 0.2) is 12.4 Å². The molecule has 25 heavy (non-hydrogen) atoms. The molecule has 1 saturated heterocycles. The summed E-state index contributed by atoms with van der Waals surface area (Å²) < 4.78 is 11.5. The second-order valence-corrected chi connectivity index (χ2v) is 7.52. The van der Waals surface area contributed by atoms with Crippen LogP contribution >= 0.6 is 11.3 Å². The minimum absolute atomic E-state index is 0.349. The molecule has 2 aromatic rings. The van der Waals surface area contributed by atoms with Crippen molar-refractivity contribution in [2.24, 2.45) is 5.16 Å². The van der Waals surface area contributed by atoms with Crippen LogP contribution in [0.4, 0.5) is 0 Å². The average Bonchev–Trinajstić information content (AvgIpc) is 3.25. The summed E-state index contributed by atoms with van der Waals surface area (Å²) in [6.07, 6.45) is 3.48. The highest BCUT2D eigenvalue weighted by Gasteiger charge is 2.39. The van der Waals surface area contributed by atoms with E-state index in [0.717, 1.165) is 52.5 Å². The van der Waals surface area contributed by atoms with Crippen LogP contribution in [0.5, 0.6) is 0 Å². The van der Waals surface area contributed by atoms with E-state index in [-0.39, 0.29) is 5.79 Å². The van der Waals surface area contributed by atoms with Crippen LogP contribution in [-0.4, -0.2) is 29.7 Å². The molecular formula is C19H22N2O3S. The second-order valence-electron chi connectivity index (χ2n) is 6.43. The standard InChI is InChI=1S/C19H22N2O3S/c1-14-17(25-18(20-14)15-5-3-2-4-6-15)13-24-21-16-7-9-19(10-8-16)22-11-12-23-19/h2-6H,7-13H2,1H3. The maximum Gasteiger partial charge on any atom is 0.169 e. The second kappa shape index (κ2) is 7.23. The van der Waals surface area contributed by atoms with Gasteiger partial charge in [0.2, 0.25) is 0 Å². The average molecular weight is 358 g/mol. The van der Waals surface area contributed by atoms with E-state index in [0.29, 0.717) is 19.8 Å². The van der Waals surface area contributed by atoms with E-state index in [4.69, 9.17) is 14.3 Å². The molecule has 2 heterocycles. The predicted molar refractivity (Wildman–Crippen MR) is 97.6 cm³/mol. The molecule has 132 valence electrons. The molecule has 0 bridgehead atoms. The van der Waals surface area contributed by atoms with Gasteiger partial charge in [0.05, 0.1) is 29.5 Å². The fourth-order valence-electron chi connectivity index (χ4n) is 3.24. The van der Waals surface area contributed by atoms with Crippen LogP contribution in [0.25, 0.3) is 10.6 Å². The van der Waals surface area contributed by atoms with Crippen molar-refractivity contribution in [2.75, 3.05) is 13.2 Å². The Labute approximate surface area is 151 Å². The van der Waals surface area contributed by atoms with Crippen molar-refractivity contribution in [1.82, 2.24) is 4.98 Å².